The number of hydrogen-bond acceptors (Lipinski definition) is 3. The van der Waals surface area contributed by atoms with E-state index in [9.17, 15) is 9.59 Å². The molecule has 18 heavy (non-hydrogen) atoms. The highest BCUT2D eigenvalue weighted by molar-refractivity contribution is 6.04. The van der Waals surface area contributed by atoms with Crippen LogP contribution in [-0.4, -0.2) is 18.9 Å². The average molecular weight is 242 g/mol. The van der Waals surface area contributed by atoms with Gasteiger partial charge in [-0.2, -0.15) is 0 Å². The largest absolute Gasteiger partial charge is 0.468 e. The second-order valence-electron chi connectivity index (χ2n) is 4.17. The Morgan fingerprint density at radius 1 is 1.06 bits per heavy atom. The van der Waals surface area contributed by atoms with Gasteiger partial charge in [0.25, 0.3) is 0 Å². The summed E-state index contributed by atoms with van der Waals surface area (Å²) >= 11 is 0. The fourth-order valence-corrected chi connectivity index (χ4v) is 2.04. The van der Waals surface area contributed by atoms with Crippen LogP contribution in [0.25, 0.3) is 10.8 Å². The predicted octanol–water partition coefficient (Wildman–Crippen LogP) is 2.69. The van der Waals surface area contributed by atoms with Crippen molar-refractivity contribution in [2.75, 3.05) is 7.11 Å². The average Bonchev–Trinajstić information content (AvgIpc) is 2.38. The molecule has 2 aromatic rings. The predicted molar refractivity (Wildman–Crippen MR) is 69.4 cm³/mol. The smallest absolute Gasteiger partial charge is 0.320 e. The number of benzene rings is 2. The summed E-state index contributed by atoms with van der Waals surface area (Å²) in [5.41, 5.74) is 0.674. The SMILES string of the molecule is COC(=O)C(C(C)=O)c1ccc2ccccc2c1. The molecule has 2 aromatic carbocycles. The molecule has 3 heteroatoms. The molecule has 0 saturated carbocycles. The molecule has 0 N–H and O–H groups in total. The van der Waals surface area contributed by atoms with Gasteiger partial charge in [-0.15, -0.1) is 0 Å². The first-order valence-corrected chi connectivity index (χ1v) is 5.70. The van der Waals surface area contributed by atoms with Crippen molar-refractivity contribution in [3.05, 3.63) is 48.0 Å². The van der Waals surface area contributed by atoms with Gasteiger partial charge < -0.3 is 4.74 Å². The van der Waals surface area contributed by atoms with Crippen LogP contribution in [0.5, 0.6) is 0 Å². The van der Waals surface area contributed by atoms with Gasteiger partial charge in [0, 0.05) is 0 Å². The summed E-state index contributed by atoms with van der Waals surface area (Å²) in [4.78, 5) is 23.2. The van der Waals surface area contributed by atoms with Crippen LogP contribution in [0.3, 0.4) is 0 Å². The molecule has 0 heterocycles. The summed E-state index contributed by atoms with van der Waals surface area (Å²) in [6, 6.07) is 13.4. The first-order chi connectivity index (χ1) is 8.63. The van der Waals surface area contributed by atoms with E-state index < -0.39 is 11.9 Å². The van der Waals surface area contributed by atoms with E-state index >= 15 is 0 Å². The zero-order chi connectivity index (χ0) is 13.1. The lowest BCUT2D eigenvalue weighted by molar-refractivity contribution is -0.145. The Balaban J connectivity index is 2.51. The lowest BCUT2D eigenvalue weighted by Crippen LogP contribution is -2.21. The molecule has 0 aliphatic carbocycles. The van der Waals surface area contributed by atoms with Gasteiger partial charge in [-0.25, -0.2) is 0 Å². The van der Waals surface area contributed by atoms with Crippen molar-refractivity contribution >= 4 is 22.5 Å². The highest BCUT2D eigenvalue weighted by atomic mass is 16.5. The van der Waals surface area contributed by atoms with Crippen molar-refractivity contribution in [3.8, 4) is 0 Å². The molecule has 3 nitrogen and oxygen atoms in total. The molecule has 0 aliphatic rings. The number of fused-ring (bicyclic) bond motifs is 1. The monoisotopic (exact) mass is 242 g/mol. The third-order valence-electron chi connectivity index (χ3n) is 2.95. The third kappa shape index (κ3) is 2.25. The first kappa shape index (κ1) is 12.3. The van der Waals surface area contributed by atoms with Crippen molar-refractivity contribution in [3.63, 3.8) is 0 Å². The van der Waals surface area contributed by atoms with E-state index in [0.29, 0.717) is 5.56 Å². The van der Waals surface area contributed by atoms with Gasteiger partial charge in [0.05, 0.1) is 7.11 Å². The van der Waals surface area contributed by atoms with Crippen molar-refractivity contribution in [2.45, 2.75) is 12.8 Å². The Morgan fingerprint density at radius 2 is 1.72 bits per heavy atom. The molecule has 0 amide bonds. The number of ether oxygens (including phenoxy) is 1. The van der Waals surface area contributed by atoms with Gasteiger partial charge in [0.15, 0.2) is 0 Å². The van der Waals surface area contributed by atoms with Crippen LogP contribution in [0.2, 0.25) is 0 Å². The Morgan fingerprint density at radius 3 is 2.33 bits per heavy atom. The van der Waals surface area contributed by atoms with E-state index in [2.05, 4.69) is 4.74 Å². The zero-order valence-corrected chi connectivity index (χ0v) is 10.3. The van der Waals surface area contributed by atoms with Crippen molar-refractivity contribution < 1.29 is 14.3 Å². The van der Waals surface area contributed by atoms with Crippen LogP contribution in [0.1, 0.15) is 18.4 Å². The van der Waals surface area contributed by atoms with Crippen LogP contribution in [0.15, 0.2) is 42.5 Å². The van der Waals surface area contributed by atoms with E-state index in [-0.39, 0.29) is 5.78 Å². The summed E-state index contributed by atoms with van der Waals surface area (Å²) in [5, 5.41) is 2.08. The number of hydrogen-bond donors (Lipinski definition) is 0. The number of Topliss-reactive ketones (excluding diaryl/α,β-unsaturated/α-hetero) is 1. The molecule has 1 unspecified atom stereocenters. The number of ketones is 1. The highest BCUT2D eigenvalue weighted by Gasteiger charge is 2.26. The standard InChI is InChI=1S/C15H14O3/c1-10(16)14(15(17)18-2)13-8-7-11-5-3-4-6-12(11)9-13/h3-9,14H,1-2H3. The summed E-state index contributed by atoms with van der Waals surface area (Å²) in [6.45, 7) is 1.40. The number of carbonyl (C=O) groups excluding carboxylic acids is 2. The molecule has 0 saturated heterocycles. The second kappa shape index (κ2) is 5.00. The van der Waals surface area contributed by atoms with E-state index in [1.165, 1.54) is 14.0 Å². The Bertz CT molecular complexity index is 601. The van der Waals surface area contributed by atoms with E-state index in [1.807, 2.05) is 36.4 Å². The Labute approximate surface area is 105 Å². The lowest BCUT2D eigenvalue weighted by Gasteiger charge is -2.12. The number of carbonyl (C=O) groups is 2. The summed E-state index contributed by atoms with van der Waals surface area (Å²) < 4.78 is 4.68. The molecule has 0 radical (unpaired) electrons. The van der Waals surface area contributed by atoms with Crippen molar-refractivity contribution in [2.24, 2.45) is 0 Å². The molecule has 92 valence electrons. The Kier molecular flexibility index (Phi) is 3.42. The number of methoxy groups -OCH3 is 1. The van der Waals surface area contributed by atoms with Crippen LogP contribution in [0.4, 0.5) is 0 Å². The first-order valence-electron chi connectivity index (χ1n) is 5.70. The molecule has 0 spiro atoms. The Hall–Kier alpha value is -2.16. The summed E-state index contributed by atoms with van der Waals surface area (Å²) in [6.07, 6.45) is 0. The van der Waals surface area contributed by atoms with Crippen LogP contribution >= 0.6 is 0 Å². The fraction of sp³-hybridized carbons (Fsp3) is 0.200. The van der Waals surface area contributed by atoms with E-state index in [0.717, 1.165) is 10.8 Å². The molecular weight excluding hydrogens is 228 g/mol. The number of esters is 1. The topological polar surface area (TPSA) is 43.4 Å². The fourth-order valence-electron chi connectivity index (χ4n) is 2.04. The van der Waals surface area contributed by atoms with Crippen LogP contribution < -0.4 is 0 Å². The highest BCUT2D eigenvalue weighted by Crippen LogP contribution is 2.23. The van der Waals surface area contributed by atoms with Gasteiger partial charge in [-0.3, -0.25) is 9.59 Å². The zero-order valence-electron chi connectivity index (χ0n) is 10.3. The van der Waals surface area contributed by atoms with Crippen molar-refractivity contribution in [1.29, 1.82) is 0 Å². The minimum atomic E-state index is -0.834. The minimum absolute atomic E-state index is 0.211. The molecule has 1 atom stereocenters. The van der Waals surface area contributed by atoms with Gasteiger partial charge in [0.1, 0.15) is 11.7 Å². The molecule has 0 fully saturated rings. The maximum absolute atomic E-state index is 11.6. The van der Waals surface area contributed by atoms with Crippen molar-refractivity contribution in [1.82, 2.24) is 0 Å². The van der Waals surface area contributed by atoms with E-state index in [1.54, 1.807) is 6.07 Å². The molecule has 0 aromatic heterocycles. The second-order valence-corrected chi connectivity index (χ2v) is 4.17. The maximum Gasteiger partial charge on any atom is 0.320 e. The van der Waals surface area contributed by atoms with E-state index in [4.69, 9.17) is 0 Å². The van der Waals surface area contributed by atoms with Gasteiger partial charge >= 0.3 is 5.97 Å². The maximum atomic E-state index is 11.6. The normalized spacial score (nSPS) is 12.1. The van der Waals surface area contributed by atoms with Gasteiger partial charge in [-0.05, 0) is 29.3 Å². The summed E-state index contributed by atoms with van der Waals surface area (Å²) in [5.74, 6) is -1.56. The summed E-state index contributed by atoms with van der Waals surface area (Å²) in [7, 11) is 1.29. The molecular formula is C15H14O3. The minimum Gasteiger partial charge on any atom is -0.468 e. The third-order valence-corrected chi connectivity index (χ3v) is 2.95. The molecule has 2 rings (SSSR count). The van der Waals surface area contributed by atoms with Gasteiger partial charge in [0.2, 0.25) is 0 Å². The lowest BCUT2D eigenvalue weighted by atomic mass is 9.93. The molecule has 0 bridgehead atoms. The van der Waals surface area contributed by atoms with Crippen LogP contribution in [-0.2, 0) is 14.3 Å². The molecule has 0 aliphatic heterocycles. The van der Waals surface area contributed by atoms with Gasteiger partial charge in [-0.1, -0.05) is 36.4 Å². The number of rotatable bonds is 3. The van der Waals surface area contributed by atoms with Crippen LogP contribution in [0, 0.1) is 0 Å². The quantitative estimate of drug-likeness (QED) is 0.614.